The molecule has 0 spiro atoms. The largest absolute Gasteiger partial charge is 0.457 e. The number of rotatable bonds is 40. The highest BCUT2D eigenvalue weighted by Gasteiger charge is 2.47. The molecule has 2 fully saturated rings. The molecule has 0 aliphatic carbocycles. The van der Waals surface area contributed by atoms with Gasteiger partial charge in [-0.25, -0.2) is 0 Å². The molecular formula is C50H92O14. The predicted molar refractivity (Wildman–Crippen MR) is 247 cm³/mol. The summed E-state index contributed by atoms with van der Waals surface area (Å²) in [5.74, 6) is -0.378. The van der Waals surface area contributed by atoms with Gasteiger partial charge in [-0.05, 0) is 38.5 Å². The Bertz CT molecular complexity index is 1160. The molecule has 11 atom stereocenters. The lowest BCUT2D eigenvalue weighted by atomic mass is 9.98. The summed E-state index contributed by atoms with van der Waals surface area (Å²) in [6, 6.07) is 0. The van der Waals surface area contributed by atoms with E-state index in [0.717, 1.165) is 64.2 Å². The summed E-state index contributed by atoms with van der Waals surface area (Å²) in [4.78, 5) is 13.0. The van der Waals surface area contributed by atoms with Gasteiger partial charge in [0.1, 0.15) is 54.9 Å². The summed E-state index contributed by atoms with van der Waals surface area (Å²) in [6.45, 7) is 3.64. The third-order valence-corrected chi connectivity index (χ3v) is 12.2. The first-order chi connectivity index (χ1) is 31.1. The Balaban J connectivity index is 1.78. The number of aliphatic hydroxyl groups is 7. The quantitative estimate of drug-likeness (QED) is 0.0184. The fourth-order valence-corrected chi connectivity index (χ4v) is 8.01. The molecule has 64 heavy (non-hydrogen) atoms. The Morgan fingerprint density at radius 1 is 0.516 bits per heavy atom. The Morgan fingerprint density at radius 2 is 0.984 bits per heavy atom. The zero-order valence-corrected chi connectivity index (χ0v) is 39.8. The van der Waals surface area contributed by atoms with Gasteiger partial charge in [-0.2, -0.15) is 0 Å². The second-order valence-corrected chi connectivity index (χ2v) is 18.0. The van der Waals surface area contributed by atoms with Gasteiger partial charge in [0.25, 0.3) is 0 Å². The molecule has 14 heteroatoms. The van der Waals surface area contributed by atoms with Crippen LogP contribution in [0.3, 0.4) is 0 Å². The third-order valence-electron chi connectivity index (χ3n) is 12.2. The van der Waals surface area contributed by atoms with E-state index in [1.165, 1.54) is 96.3 Å². The lowest BCUT2D eigenvalue weighted by molar-refractivity contribution is -0.332. The van der Waals surface area contributed by atoms with E-state index in [9.17, 15) is 40.5 Å². The van der Waals surface area contributed by atoms with Crippen molar-refractivity contribution in [3.63, 3.8) is 0 Å². The molecule has 0 aromatic carbocycles. The number of hydrogen-bond acceptors (Lipinski definition) is 14. The fourth-order valence-electron chi connectivity index (χ4n) is 8.01. The zero-order chi connectivity index (χ0) is 46.6. The first-order valence-corrected chi connectivity index (χ1v) is 25.4. The van der Waals surface area contributed by atoms with Crippen molar-refractivity contribution in [2.45, 2.75) is 255 Å². The van der Waals surface area contributed by atoms with Crippen LogP contribution in [0.2, 0.25) is 0 Å². The molecule has 2 aliphatic heterocycles. The molecule has 2 heterocycles. The smallest absolute Gasteiger partial charge is 0.306 e. The van der Waals surface area contributed by atoms with E-state index in [2.05, 4.69) is 38.2 Å². The second-order valence-electron chi connectivity index (χ2n) is 18.0. The van der Waals surface area contributed by atoms with Gasteiger partial charge in [0.05, 0.1) is 26.4 Å². The molecule has 7 N–H and O–H groups in total. The molecule has 0 radical (unpaired) electrons. The van der Waals surface area contributed by atoms with Crippen LogP contribution in [0.4, 0.5) is 0 Å². The van der Waals surface area contributed by atoms with Crippen LogP contribution < -0.4 is 0 Å². The van der Waals surface area contributed by atoms with E-state index in [-0.39, 0.29) is 25.6 Å². The lowest BCUT2D eigenvalue weighted by Gasteiger charge is -2.42. The van der Waals surface area contributed by atoms with Crippen LogP contribution in [0.25, 0.3) is 0 Å². The highest BCUT2D eigenvalue weighted by Crippen LogP contribution is 2.26. The van der Waals surface area contributed by atoms with Crippen LogP contribution in [0.1, 0.15) is 187 Å². The van der Waals surface area contributed by atoms with Crippen molar-refractivity contribution >= 4 is 5.97 Å². The number of allylic oxidation sites excluding steroid dienone is 4. The minimum atomic E-state index is -1.71. The molecule has 0 bridgehead atoms. The van der Waals surface area contributed by atoms with E-state index in [0.29, 0.717) is 13.0 Å². The topological polar surface area (TPSA) is 214 Å². The first-order valence-electron chi connectivity index (χ1n) is 25.4. The number of carbonyl (C=O) groups is 1. The van der Waals surface area contributed by atoms with Crippen LogP contribution in [-0.4, -0.2) is 142 Å². The summed E-state index contributed by atoms with van der Waals surface area (Å²) >= 11 is 0. The number of carbonyl (C=O) groups excluding carboxylic acids is 1. The summed E-state index contributed by atoms with van der Waals surface area (Å²) in [6.07, 6.45) is 23.8. The fraction of sp³-hybridized carbons (Fsp3) is 0.900. The molecule has 0 amide bonds. The van der Waals surface area contributed by atoms with Crippen molar-refractivity contribution in [2.75, 3.05) is 33.0 Å². The van der Waals surface area contributed by atoms with Crippen molar-refractivity contribution in [2.24, 2.45) is 0 Å². The molecule has 2 rings (SSSR count). The van der Waals surface area contributed by atoms with E-state index < -0.39 is 80.7 Å². The Labute approximate surface area is 386 Å². The van der Waals surface area contributed by atoms with Gasteiger partial charge in [-0.1, -0.05) is 167 Å². The minimum absolute atomic E-state index is 0.0579. The maximum Gasteiger partial charge on any atom is 0.306 e. The van der Waals surface area contributed by atoms with Gasteiger partial charge in [0.2, 0.25) is 0 Å². The molecule has 14 nitrogen and oxygen atoms in total. The summed E-state index contributed by atoms with van der Waals surface area (Å²) in [5.41, 5.74) is 0. The number of hydrogen-bond donors (Lipinski definition) is 7. The second kappa shape index (κ2) is 38.4. The van der Waals surface area contributed by atoms with Crippen LogP contribution in [0.15, 0.2) is 24.3 Å². The average Bonchev–Trinajstić information content (AvgIpc) is 3.29. The van der Waals surface area contributed by atoms with Gasteiger partial charge in [0.15, 0.2) is 12.6 Å². The Kier molecular flexibility index (Phi) is 35.2. The molecule has 376 valence electrons. The predicted octanol–water partition coefficient (Wildman–Crippen LogP) is 7.24. The van der Waals surface area contributed by atoms with E-state index in [1.807, 2.05) is 0 Å². The molecule has 0 aromatic heterocycles. The van der Waals surface area contributed by atoms with Crippen molar-refractivity contribution < 1.29 is 69.0 Å². The SMILES string of the molecule is CCCC/C=C\C/C=C\CCCCCCCCOCC(COC1OC(COC2OC(CO)C(O)C(O)C2O)C(O)C(O)C1O)OC(=O)CCCCCCCCCCCCCCCCC. The van der Waals surface area contributed by atoms with Crippen molar-refractivity contribution in [1.29, 1.82) is 0 Å². The third kappa shape index (κ3) is 26.1. The Hall–Kier alpha value is -1.53. The van der Waals surface area contributed by atoms with Gasteiger partial charge in [-0.15, -0.1) is 0 Å². The number of aliphatic hydroxyl groups excluding tert-OH is 7. The van der Waals surface area contributed by atoms with Crippen LogP contribution in [-0.2, 0) is 33.2 Å². The van der Waals surface area contributed by atoms with Gasteiger partial charge in [0, 0.05) is 13.0 Å². The number of unbranched alkanes of at least 4 members (excludes halogenated alkanes) is 22. The maximum atomic E-state index is 13.0. The number of ether oxygens (including phenoxy) is 6. The standard InChI is InChI=1S/C50H92O14/c1-3-5-7-9-11-13-15-17-19-21-23-25-27-29-31-33-42(52)62-39(36-59-34-32-30-28-26-24-22-20-18-16-14-12-10-8-6-4-2)37-60-49-48(58)46(56)44(54)41(64-49)38-61-50-47(57)45(55)43(53)40(35-51)63-50/h10,12,16,18,39-41,43-51,53-58H,3-9,11,13-15,17,19-38H2,1-2H3/b12-10-,18-16-. The molecule has 0 aromatic rings. The van der Waals surface area contributed by atoms with Crippen LogP contribution in [0, 0.1) is 0 Å². The van der Waals surface area contributed by atoms with E-state index in [1.54, 1.807) is 0 Å². The molecular weight excluding hydrogens is 825 g/mol. The number of esters is 1. The monoisotopic (exact) mass is 917 g/mol. The van der Waals surface area contributed by atoms with Crippen LogP contribution >= 0.6 is 0 Å². The normalized spacial score (nSPS) is 26.9. The van der Waals surface area contributed by atoms with Gasteiger partial charge < -0.3 is 64.2 Å². The molecule has 0 saturated carbocycles. The van der Waals surface area contributed by atoms with E-state index >= 15 is 0 Å². The van der Waals surface area contributed by atoms with Crippen molar-refractivity contribution in [3.8, 4) is 0 Å². The summed E-state index contributed by atoms with van der Waals surface area (Å²) < 4.78 is 34.2. The van der Waals surface area contributed by atoms with Crippen molar-refractivity contribution in [3.05, 3.63) is 24.3 Å². The van der Waals surface area contributed by atoms with Gasteiger partial charge >= 0.3 is 5.97 Å². The van der Waals surface area contributed by atoms with Gasteiger partial charge in [-0.3, -0.25) is 4.79 Å². The maximum absolute atomic E-state index is 13.0. The first kappa shape index (κ1) is 58.6. The molecule has 2 aliphatic rings. The highest BCUT2D eigenvalue weighted by atomic mass is 16.7. The van der Waals surface area contributed by atoms with Crippen molar-refractivity contribution in [1.82, 2.24) is 0 Å². The van der Waals surface area contributed by atoms with E-state index in [4.69, 9.17) is 28.4 Å². The molecule has 11 unspecified atom stereocenters. The molecule has 2 saturated heterocycles. The minimum Gasteiger partial charge on any atom is -0.457 e. The Morgan fingerprint density at radius 3 is 1.55 bits per heavy atom. The highest BCUT2D eigenvalue weighted by molar-refractivity contribution is 5.69. The summed E-state index contributed by atoms with van der Waals surface area (Å²) in [5, 5.41) is 72.1. The zero-order valence-electron chi connectivity index (χ0n) is 39.8. The lowest BCUT2D eigenvalue weighted by Crippen LogP contribution is -2.61. The average molecular weight is 917 g/mol. The summed E-state index contributed by atoms with van der Waals surface area (Å²) in [7, 11) is 0. The van der Waals surface area contributed by atoms with Crippen LogP contribution in [0.5, 0.6) is 0 Å².